The molecule has 0 aliphatic rings. The molecule has 0 aliphatic carbocycles. The number of aromatic carboxylic acids is 1. The monoisotopic (exact) mass is 186 g/mol. The molecule has 0 bridgehead atoms. The van der Waals surface area contributed by atoms with Crippen molar-refractivity contribution >= 4 is 16.9 Å². The molecule has 2 rings (SSSR count). The maximum absolute atomic E-state index is 10.7. The molecule has 0 amide bonds. The van der Waals surface area contributed by atoms with Crippen LogP contribution in [0.3, 0.4) is 0 Å². The van der Waals surface area contributed by atoms with Crippen LogP contribution < -0.4 is 0 Å². The molecule has 0 aliphatic heterocycles. The molecule has 0 unspecified atom stereocenters. The number of carboxylic acid groups (broad SMARTS) is 1. The second-order valence-electron chi connectivity index (χ2n) is 2.88. The fourth-order valence-corrected chi connectivity index (χ4v) is 1.37. The van der Waals surface area contributed by atoms with Gasteiger partial charge in [0.2, 0.25) is 0 Å². The third-order valence-corrected chi connectivity index (χ3v) is 2.04. The SMILES string of the molecule is N#Cc1ccc2c(C(=O)O)c[nH]c2c1. The maximum Gasteiger partial charge on any atom is 0.337 e. The summed E-state index contributed by atoms with van der Waals surface area (Å²) < 4.78 is 0. The molecule has 1 aromatic carbocycles. The molecule has 14 heavy (non-hydrogen) atoms. The molecule has 0 saturated carbocycles. The van der Waals surface area contributed by atoms with Crippen molar-refractivity contribution in [1.29, 1.82) is 5.26 Å². The fraction of sp³-hybridized carbons (Fsp3) is 0. The Labute approximate surface area is 79.4 Å². The molecule has 0 atom stereocenters. The van der Waals surface area contributed by atoms with Gasteiger partial charge < -0.3 is 10.1 Å². The minimum absolute atomic E-state index is 0.226. The third kappa shape index (κ3) is 1.12. The van der Waals surface area contributed by atoms with E-state index in [0.717, 1.165) is 0 Å². The first kappa shape index (κ1) is 8.32. The minimum atomic E-state index is -0.971. The first-order chi connectivity index (χ1) is 6.72. The van der Waals surface area contributed by atoms with Crippen LogP contribution in [0.25, 0.3) is 10.9 Å². The Balaban J connectivity index is 2.73. The number of carboxylic acids is 1. The predicted octanol–water partition coefficient (Wildman–Crippen LogP) is 1.74. The summed E-state index contributed by atoms with van der Waals surface area (Å²) >= 11 is 0. The van der Waals surface area contributed by atoms with Crippen LogP contribution >= 0.6 is 0 Å². The van der Waals surface area contributed by atoms with E-state index in [4.69, 9.17) is 10.4 Å². The number of rotatable bonds is 1. The Hall–Kier alpha value is -2.28. The van der Waals surface area contributed by atoms with Crippen molar-refractivity contribution in [3.63, 3.8) is 0 Å². The molecular weight excluding hydrogens is 180 g/mol. The number of hydrogen-bond donors (Lipinski definition) is 2. The molecule has 2 aromatic rings. The van der Waals surface area contributed by atoms with Crippen LogP contribution in [0.15, 0.2) is 24.4 Å². The molecular formula is C10H6N2O2. The van der Waals surface area contributed by atoms with Crippen molar-refractivity contribution in [1.82, 2.24) is 4.98 Å². The van der Waals surface area contributed by atoms with Gasteiger partial charge in [0.25, 0.3) is 0 Å². The van der Waals surface area contributed by atoms with Crippen molar-refractivity contribution in [2.24, 2.45) is 0 Å². The highest BCUT2D eigenvalue weighted by Gasteiger charge is 2.09. The third-order valence-electron chi connectivity index (χ3n) is 2.04. The van der Waals surface area contributed by atoms with Crippen molar-refractivity contribution in [3.8, 4) is 6.07 Å². The van der Waals surface area contributed by atoms with Gasteiger partial charge in [-0.15, -0.1) is 0 Å². The number of aromatic amines is 1. The lowest BCUT2D eigenvalue weighted by atomic mass is 10.1. The quantitative estimate of drug-likeness (QED) is 0.712. The Morgan fingerprint density at radius 2 is 2.29 bits per heavy atom. The van der Waals surface area contributed by atoms with Gasteiger partial charge in [0.1, 0.15) is 0 Å². The van der Waals surface area contributed by atoms with Crippen LogP contribution in [0.2, 0.25) is 0 Å². The number of hydrogen-bond acceptors (Lipinski definition) is 2. The number of nitrogens with one attached hydrogen (secondary N) is 1. The van der Waals surface area contributed by atoms with Crippen molar-refractivity contribution in [2.45, 2.75) is 0 Å². The molecule has 1 heterocycles. The van der Waals surface area contributed by atoms with Gasteiger partial charge in [-0.2, -0.15) is 5.26 Å². The van der Waals surface area contributed by atoms with Gasteiger partial charge in [0, 0.05) is 17.1 Å². The van der Waals surface area contributed by atoms with E-state index in [1.807, 2.05) is 6.07 Å². The van der Waals surface area contributed by atoms with E-state index < -0.39 is 5.97 Å². The normalized spacial score (nSPS) is 9.93. The Morgan fingerprint density at radius 3 is 2.93 bits per heavy atom. The van der Waals surface area contributed by atoms with Gasteiger partial charge >= 0.3 is 5.97 Å². The smallest absolute Gasteiger partial charge is 0.337 e. The lowest BCUT2D eigenvalue weighted by molar-refractivity contribution is 0.0699. The van der Waals surface area contributed by atoms with Crippen LogP contribution in [-0.2, 0) is 0 Å². The largest absolute Gasteiger partial charge is 0.478 e. The number of benzene rings is 1. The summed E-state index contributed by atoms with van der Waals surface area (Å²) in [6.45, 7) is 0. The topological polar surface area (TPSA) is 76.9 Å². The Kier molecular flexibility index (Phi) is 1.72. The Bertz CT molecular complexity index is 549. The summed E-state index contributed by atoms with van der Waals surface area (Å²) in [6, 6.07) is 6.85. The number of nitriles is 1. The van der Waals surface area contributed by atoms with Gasteiger partial charge in [0.15, 0.2) is 0 Å². The molecule has 0 saturated heterocycles. The zero-order valence-corrected chi connectivity index (χ0v) is 7.11. The predicted molar refractivity (Wildman–Crippen MR) is 50.0 cm³/mol. The fourth-order valence-electron chi connectivity index (χ4n) is 1.37. The highest BCUT2D eigenvalue weighted by atomic mass is 16.4. The van der Waals surface area contributed by atoms with Gasteiger partial charge in [-0.1, -0.05) is 6.07 Å². The van der Waals surface area contributed by atoms with E-state index in [1.165, 1.54) is 6.20 Å². The minimum Gasteiger partial charge on any atom is -0.478 e. The van der Waals surface area contributed by atoms with Crippen LogP contribution in [0.1, 0.15) is 15.9 Å². The van der Waals surface area contributed by atoms with E-state index in [1.54, 1.807) is 18.2 Å². The number of aromatic nitrogens is 1. The average molecular weight is 186 g/mol. The molecule has 1 aromatic heterocycles. The van der Waals surface area contributed by atoms with Crippen LogP contribution in [0, 0.1) is 11.3 Å². The zero-order valence-electron chi connectivity index (χ0n) is 7.11. The molecule has 68 valence electrons. The van der Waals surface area contributed by atoms with Crippen LogP contribution in [0.4, 0.5) is 0 Å². The highest BCUT2D eigenvalue weighted by Crippen LogP contribution is 2.19. The summed E-state index contributed by atoms with van der Waals surface area (Å²) in [5, 5.41) is 18.1. The molecule has 0 radical (unpaired) electrons. The average Bonchev–Trinajstić information content (AvgIpc) is 2.59. The van der Waals surface area contributed by atoms with E-state index in [9.17, 15) is 4.79 Å². The molecule has 2 N–H and O–H groups in total. The first-order valence-electron chi connectivity index (χ1n) is 3.97. The van der Waals surface area contributed by atoms with Gasteiger partial charge in [-0.3, -0.25) is 0 Å². The van der Waals surface area contributed by atoms with Crippen LogP contribution in [0.5, 0.6) is 0 Å². The lowest BCUT2D eigenvalue weighted by Crippen LogP contribution is -1.93. The van der Waals surface area contributed by atoms with Gasteiger partial charge in [-0.25, -0.2) is 4.79 Å². The van der Waals surface area contributed by atoms with E-state index >= 15 is 0 Å². The van der Waals surface area contributed by atoms with Crippen molar-refractivity contribution < 1.29 is 9.90 Å². The zero-order chi connectivity index (χ0) is 10.1. The number of carbonyl (C=O) groups is 1. The number of H-pyrrole nitrogens is 1. The second kappa shape index (κ2) is 2.89. The lowest BCUT2D eigenvalue weighted by Gasteiger charge is -1.92. The van der Waals surface area contributed by atoms with Gasteiger partial charge in [-0.05, 0) is 12.1 Å². The first-order valence-corrected chi connectivity index (χ1v) is 3.97. The standard InChI is InChI=1S/C10H6N2O2/c11-4-6-1-2-7-8(10(13)14)5-12-9(7)3-6/h1-3,5,12H,(H,13,14). The highest BCUT2D eigenvalue weighted by molar-refractivity contribution is 6.03. The molecule has 0 fully saturated rings. The molecule has 4 heteroatoms. The summed E-state index contributed by atoms with van der Waals surface area (Å²) in [5.41, 5.74) is 1.40. The van der Waals surface area contributed by atoms with Crippen molar-refractivity contribution in [2.75, 3.05) is 0 Å². The summed E-state index contributed by atoms with van der Waals surface area (Å²) in [6.07, 6.45) is 1.42. The van der Waals surface area contributed by atoms with Crippen LogP contribution in [-0.4, -0.2) is 16.1 Å². The Morgan fingerprint density at radius 1 is 1.50 bits per heavy atom. The second-order valence-corrected chi connectivity index (χ2v) is 2.88. The molecule has 4 nitrogen and oxygen atoms in total. The number of nitrogens with zero attached hydrogens (tertiary/aromatic N) is 1. The van der Waals surface area contributed by atoms with E-state index in [-0.39, 0.29) is 5.56 Å². The summed E-state index contributed by atoms with van der Waals surface area (Å²) in [7, 11) is 0. The van der Waals surface area contributed by atoms with E-state index in [2.05, 4.69) is 4.98 Å². The van der Waals surface area contributed by atoms with E-state index in [0.29, 0.717) is 16.5 Å². The molecule has 0 spiro atoms. The summed E-state index contributed by atoms with van der Waals surface area (Å²) in [5.74, 6) is -0.971. The summed E-state index contributed by atoms with van der Waals surface area (Å²) in [4.78, 5) is 13.6. The maximum atomic E-state index is 10.7. The number of fused-ring (bicyclic) bond motifs is 1. The van der Waals surface area contributed by atoms with Gasteiger partial charge in [0.05, 0.1) is 17.2 Å². The van der Waals surface area contributed by atoms with Crippen molar-refractivity contribution in [3.05, 3.63) is 35.5 Å².